The lowest BCUT2D eigenvalue weighted by Crippen LogP contribution is -2.46. The van der Waals surface area contributed by atoms with Crippen LogP contribution in [0.3, 0.4) is 0 Å². The molecule has 1 N–H and O–H groups in total. The number of carbonyl (C=O) groups excluding carboxylic acids is 1. The molecule has 0 unspecified atom stereocenters. The van der Waals surface area contributed by atoms with Gasteiger partial charge in [0.2, 0.25) is 0 Å². The second-order valence-electron chi connectivity index (χ2n) is 7.46. The molecule has 1 aliphatic rings. The Balaban J connectivity index is 1.65. The summed E-state index contributed by atoms with van der Waals surface area (Å²) >= 11 is 1.54. The monoisotopic (exact) mass is 417 g/mol. The van der Waals surface area contributed by atoms with Gasteiger partial charge < -0.3 is 19.5 Å². The van der Waals surface area contributed by atoms with Crippen molar-refractivity contribution in [3.05, 3.63) is 35.4 Å². The topological polar surface area (TPSA) is 74.5 Å². The first-order valence-electron chi connectivity index (χ1n) is 10.4. The molecule has 158 valence electrons. The number of likely N-dealkylation sites (N-methyl/N-ethyl adjacent to an activating group) is 1. The summed E-state index contributed by atoms with van der Waals surface area (Å²) in [5.41, 5.74) is 1.05. The zero-order valence-electron chi connectivity index (χ0n) is 17.8. The van der Waals surface area contributed by atoms with Crippen molar-refractivity contribution >= 4 is 23.5 Å². The maximum Gasteiger partial charge on any atom is 0.287 e. The van der Waals surface area contributed by atoms with Crippen LogP contribution in [0.15, 0.2) is 27.8 Å². The SMILES string of the molecule is CCc1cc(N2CCN(CC)CC2)nc(SCc2ccc(C(=O)NC(C)C)o2)n1. The zero-order chi connectivity index (χ0) is 20.8. The number of hydrogen-bond donors (Lipinski definition) is 1. The highest BCUT2D eigenvalue weighted by Gasteiger charge is 2.19. The van der Waals surface area contributed by atoms with E-state index in [1.165, 1.54) is 0 Å². The van der Waals surface area contributed by atoms with Crippen LogP contribution in [0.25, 0.3) is 0 Å². The fourth-order valence-electron chi connectivity index (χ4n) is 3.21. The normalized spacial score (nSPS) is 15.1. The fourth-order valence-corrected chi connectivity index (χ4v) is 3.97. The van der Waals surface area contributed by atoms with E-state index < -0.39 is 0 Å². The summed E-state index contributed by atoms with van der Waals surface area (Å²) < 4.78 is 5.69. The van der Waals surface area contributed by atoms with Crippen LogP contribution in [-0.2, 0) is 12.2 Å². The Morgan fingerprint density at radius 3 is 2.62 bits per heavy atom. The van der Waals surface area contributed by atoms with Crippen LogP contribution in [-0.4, -0.2) is 59.5 Å². The highest BCUT2D eigenvalue weighted by Crippen LogP contribution is 2.24. The molecule has 29 heavy (non-hydrogen) atoms. The van der Waals surface area contributed by atoms with E-state index in [1.807, 2.05) is 19.9 Å². The molecule has 3 rings (SSSR count). The van der Waals surface area contributed by atoms with Crippen LogP contribution in [0.1, 0.15) is 49.7 Å². The van der Waals surface area contributed by atoms with Crippen LogP contribution < -0.4 is 10.2 Å². The molecule has 0 radical (unpaired) electrons. The van der Waals surface area contributed by atoms with Gasteiger partial charge in [0.05, 0.1) is 5.75 Å². The van der Waals surface area contributed by atoms with Gasteiger partial charge in [-0.2, -0.15) is 0 Å². The van der Waals surface area contributed by atoms with Gasteiger partial charge in [-0.1, -0.05) is 25.6 Å². The van der Waals surface area contributed by atoms with Gasteiger partial charge in [0.1, 0.15) is 11.6 Å². The first-order valence-corrected chi connectivity index (χ1v) is 11.3. The van der Waals surface area contributed by atoms with E-state index in [-0.39, 0.29) is 11.9 Å². The number of carbonyl (C=O) groups is 1. The van der Waals surface area contributed by atoms with E-state index in [0.717, 1.165) is 61.6 Å². The Kier molecular flexibility index (Phi) is 7.55. The Morgan fingerprint density at radius 1 is 1.21 bits per heavy atom. The standard InChI is InChI=1S/C21H31N5O2S/c1-5-16-13-19(26-11-9-25(6-2)10-12-26)24-21(23-16)29-14-17-7-8-18(28-17)20(27)22-15(3)4/h7-8,13,15H,5-6,9-12,14H2,1-4H3,(H,22,27). The minimum atomic E-state index is -0.186. The average Bonchev–Trinajstić information content (AvgIpc) is 3.21. The number of aryl methyl sites for hydroxylation is 1. The summed E-state index contributed by atoms with van der Waals surface area (Å²) in [6.07, 6.45) is 0.873. The van der Waals surface area contributed by atoms with E-state index >= 15 is 0 Å². The lowest BCUT2D eigenvalue weighted by atomic mass is 10.2. The van der Waals surface area contributed by atoms with Crippen molar-refractivity contribution in [2.45, 2.75) is 51.1 Å². The third-order valence-corrected chi connectivity index (χ3v) is 5.77. The summed E-state index contributed by atoms with van der Waals surface area (Å²) in [5.74, 6) is 2.49. The number of rotatable bonds is 8. The first-order chi connectivity index (χ1) is 14.0. The van der Waals surface area contributed by atoms with E-state index in [4.69, 9.17) is 9.40 Å². The van der Waals surface area contributed by atoms with E-state index in [2.05, 4.69) is 40.0 Å². The number of piperazine rings is 1. The van der Waals surface area contributed by atoms with E-state index in [1.54, 1.807) is 17.8 Å². The van der Waals surface area contributed by atoms with Crippen molar-refractivity contribution in [2.75, 3.05) is 37.6 Å². The van der Waals surface area contributed by atoms with Crippen molar-refractivity contribution < 1.29 is 9.21 Å². The molecule has 0 bridgehead atoms. The van der Waals surface area contributed by atoms with E-state index in [9.17, 15) is 4.79 Å². The van der Waals surface area contributed by atoms with Gasteiger partial charge in [-0.25, -0.2) is 9.97 Å². The van der Waals surface area contributed by atoms with Crippen molar-refractivity contribution in [2.24, 2.45) is 0 Å². The van der Waals surface area contributed by atoms with Crippen LogP contribution in [0.5, 0.6) is 0 Å². The van der Waals surface area contributed by atoms with Gasteiger partial charge in [-0.3, -0.25) is 4.79 Å². The van der Waals surface area contributed by atoms with Crippen molar-refractivity contribution in [1.82, 2.24) is 20.2 Å². The van der Waals surface area contributed by atoms with Gasteiger partial charge in [-0.05, 0) is 38.9 Å². The molecular formula is C21H31N5O2S. The number of nitrogens with one attached hydrogen (secondary N) is 1. The van der Waals surface area contributed by atoms with Crippen LogP contribution in [0, 0.1) is 0 Å². The zero-order valence-corrected chi connectivity index (χ0v) is 18.6. The second kappa shape index (κ2) is 10.1. The Hall–Kier alpha value is -2.06. The quantitative estimate of drug-likeness (QED) is 0.522. The average molecular weight is 418 g/mol. The second-order valence-corrected chi connectivity index (χ2v) is 8.40. The number of thioether (sulfide) groups is 1. The summed E-state index contributed by atoms with van der Waals surface area (Å²) in [7, 11) is 0. The minimum absolute atomic E-state index is 0.0771. The predicted molar refractivity (Wildman–Crippen MR) is 117 cm³/mol. The molecular weight excluding hydrogens is 386 g/mol. The molecule has 0 aliphatic carbocycles. The Bertz CT molecular complexity index is 815. The first kappa shape index (κ1) is 21.6. The van der Waals surface area contributed by atoms with E-state index in [0.29, 0.717) is 11.5 Å². The lowest BCUT2D eigenvalue weighted by molar-refractivity contribution is 0.0913. The maximum absolute atomic E-state index is 12.0. The van der Waals surface area contributed by atoms with Crippen LogP contribution >= 0.6 is 11.8 Å². The molecule has 1 aliphatic heterocycles. The molecule has 8 heteroatoms. The minimum Gasteiger partial charge on any atom is -0.455 e. The molecule has 1 saturated heterocycles. The number of hydrogen-bond acceptors (Lipinski definition) is 7. The lowest BCUT2D eigenvalue weighted by Gasteiger charge is -2.34. The fraction of sp³-hybridized carbons (Fsp3) is 0.571. The van der Waals surface area contributed by atoms with Gasteiger partial charge in [-0.15, -0.1) is 0 Å². The van der Waals surface area contributed by atoms with Crippen LogP contribution in [0.2, 0.25) is 0 Å². The summed E-state index contributed by atoms with van der Waals surface area (Å²) in [6.45, 7) is 13.4. The summed E-state index contributed by atoms with van der Waals surface area (Å²) in [4.78, 5) is 26.3. The van der Waals surface area contributed by atoms with Gasteiger partial charge in [0.15, 0.2) is 10.9 Å². The van der Waals surface area contributed by atoms with Crippen molar-refractivity contribution in [1.29, 1.82) is 0 Å². The van der Waals surface area contributed by atoms with Crippen molar-refractivity contribution in [3.63, 3.8) is 0 Å². The van der Waals surface area contributed by atoms with Crippen LogP contribution in [0.4, 0.5) is 5.82 Å². The molecule has 3 heterocycles. The maximum atomic E-state index is 12.0. The number of nitrogens with zero attached hydrogens (tertiary/aromatic N) is 4. The molecule has 0 saturated carbocycles. The smallest absolute Gasteiger partial charge is 0.287 e. The predicted octanol–water partition coefficient (Wildman–Crippen LogP) is 3.20. The molecule has 2 aromatic rings. The third-order valence-electron chi connectivity index (χ3n) is 4.90. The molecule has 1 fully saturated rings. The van der Waals surface area contributed by atoms with Gasteiger partial charge >= 0.3 is 0 Å². The number of aromatic nitrogens is 2. The number of amides is 1. The Morgan fingerprint density at radius 2 is 1.97 bits per heavy atom. The molecule has 1 amide bonds. The summed E-state index contributed by atoms with van der Waals surface area (Å²) in [6, 6.07) is 5.74. The molecule has 0 atom stereocenters. The number of anilines is 1. The molecule has 0 spiro atoms. The third kappa shape index (κ3) is 5.96. The number of furan rings is 1. The van der Waals surface area contributed by atoms with Gasteiger partial charge in [0, 0.05) is 44.0 Å². The highest BCUT2D eigenvalue weighted by atomic mass is 32.2. The molecule has 2 aromatic heterocycles. The largest absolute Gasteiger partial charge is 0.455 e. The Labute approximate surface area is 177 Å². The molecule has 7 nitrogen and oxygen atoms in total. The summed E-state index contributed by atoms with van der Waals surface area (Å²) in [5, 5.41) is 3.59. The van der Waals surface area contributed by atoms with Gasteiger partial charge in [0.25, 0.3) is 5.91 Å². The van der Waals surface area contributed by atoms with Crippen molar-refractivity contribution in [3.8, 4) is 0 Å². The highest BCUT2D eigenvalue weighted by molar-refractivity contribution is 7.98. The molecule has 0 aromatic carbocycles.